The molecule has 7 nitrogen and oxygen atoms in total. The zero-order valence-corrected chi connectivity index (χ0v) is 8.51. The highest BCUT2D eigenvalue weighted by molar-refractivity contribution is 5.75. The Hall–Kier alpha value is -2.49. The molecule has 1 N–H and O–H groups in total. The van der Waals surface area contributed by atoms with Crippen LogP contribution in [0.15, 0.2) is 11.1 Å². The van der Waals surface area contributed by atoms with Crippen molar-refractivity contribution in [2.24, 2.45) is 4.99 Å². The molecule has 0 aliphatic heterocycles. The summed E-state index contributed by atoms with van der Waals surface area (Å²) in [6, 6.07) is 3.56. The van der Waals surface area contributed by atoms with E-state index in [1.807, 2.05) is 13.0 Å². The summed E-state index contributed by atoms with van der Waals surface area (Å²) < 4.78 is 4.95. The molecule has 80 valence electrons. The van der Waals surface area contributed by atoms with Crippen molar-refractivity contribution >= 4 is 23.4 Å². The number of H-pyrrole nitrogens is 1. The molecule has 0 aliphatic rings. The van der Waals surface area contributed by atoms with E-state index in [0.29, 0.717) is 23.3 Å². The van der Waals surface area contributed by atoms with Gasteiger partial charge < -0.3 is 4.74 Å². The van der Waals surface area contributed by atoms with Crippen LogP contribution in [0.2, 0.25) is 0 Å². The van der Waals surface area contributed by atoms with E-state index in [0.717, 1.165) is 0 Å². The lowest BCUT2D eigenvalue weighted by molar-refractivity contribution is 0.344. The fraction of sp³-hybridized carbons (Fsp3) is 0.222. The van der Waals surface area contributed by atoms with Gasteiger partial charge in [-0.2, -0.15) is 20.6 Å². The highest BCUT2D eigenvalue weighted by atomic mass is 16.5. The Balaban J connectivity index is 2.45. The highest BCUT2D eigenvalue weighted by Gasteiger charge is 2.07. The topological polar surface area (TPSA) is 99.8 Å². The summed E-state index contributed by atoms with van der Waals surface area (Å²) in [5.41, 5.74) is 1.28. The number of nitrogens with one attached hydrogen (secondary N) is 1. The quantitative estimate of drug-likeness (QED) is 0.607. The molecule has 0 unspecified atom stereocenters. The van der Waals surface area contributed by atoms with Crippen LogP contribution < -0.4 is 0 Å². The van der Waals surface area contributed by atoms with Crippen LogP contribution in [0.5, 0.6) is 0 Å². The van der Waals surface area contributed by atoms with E-state index in [1.165, 1.54) is 6.40 Å². The monoisotopic (exact) mass is 216 g/mol. The van der Waals surface area contributed by atoms with E-state index in [4.69, 9.17) is 10.00 Å². The molecule has 16 heavy (non-hydrogen) atoms. The number of aromatic nitrogens is 4. The third-order valence-electron chi connectivity index (χ3n) is 1.83. The van der Waals surface area contributed by atoms with Gasteiger partial charge in [-0.05, 0) is 13.0 Å². The number of rotatable bonds is 3. The van der Waals surface area contributed by atoms with Gasteiger partial charge in [-0.3, -0.25) is 0 Å². The van der Waals surface area contributed by atoms with Crippen molar-refractivity contribution in [2.75, 3.05) is 6.61 Å². The molecule has 0 radical (unpaired) electrons. The van der Waals surface area contributed by atoms with Crippen molar-refractivity contribution in [3.8, 4) is 6.07 Å². The Morgan fingerprint density at radius 2 is 2.50 bits per heavy atom. The van der Waals surface area contributed by atoms with Crippen LogP contribution in [-0.4, -0.2) is 33.4 Å². The Bertz CT molecular complexity index is 567. The smallest absolute Gasteiger partial charge is 0.203 e. The maximum atomic E-state index is 8.91. The number of nitrogens with zero attached hydrogens (tertiary/aromatic N) is 5. The molecular weight excluding hydrogens is 208 g/mol. The highest BCUT2D eigenvalue weighted by Crippen LogP contribution is 2.18. The number of fused-ring (bicyclic) bond motifs is 1. The molecule has 0 bridgehead atoms. The molecular formula is C9H8N6O. The Kier molecular flexibility index (Phi) is 2.73. The number of nitriles is 1. The fourth-order valence-corrected chi connectivity index (χ4v) is 1.12. The maximum absolute atomic E-state index is 8.91. The van der Waals surface area contributed by atoms with Crippen LogP contribution in [0, 0.1) is 11.3 Å². The first kappa shape index (κ1) is 10.0. The van der Waals surface area contributed by atoms with Gasteiger partial charge in [0.1, 0.15) is 11.6 Å². The van der Waals surface area contributed by atoms with Gasteiger partial charge in [-0.25, -0.2) is 4.98 Å². The molecule has 2 aromatic heterocycles. The number of aliphatic imine (C=N–C) groups is 1. The van der Waals surface area contributed by atoms with Crippen molar-refractivity contribution < 1.29 is 4.74 Å². The van der Waals surface area contributed by atoms with E-state index in [2.05, 4.69) is 25.4 Å². The van der Waals surface area contributed by atoms with E-state index in [9.17, 15) is 0 Å². The Morgan fingerprint density at radius 3 is 3.25 bits per heavy atom. The first-order valence-electron chi connectivity index (χ1n) is 4.61. The summed E-state index contributed by atoms with van der Waals surface area (Å²) in [5, 5.41) is 19.0. The van der Waals surface area contributed by atoms with E-state index >= 15 is 0 Å². The number of hydrogen-bond acceptors (Lipinski definition) is 6. The predicted molar refractivity (Wildman–Crippen MR) is 56.2 cm³/mol. The molecule has 0 aromatic carbocycles. The average Bonchev–Trinajstić information content (AvgIpc) is 2.75. The molecule has 0 aliphatic carbocycles. The van der Waals surface area contributed by atoms with Crippen molar-refractivity contribution in [3.05, 3.63) is 11.6 Å². The Morgan fingerprint density at radius 1 is 1.62 bits per heavy atom. The van der Waals surface area contributed by atoms with Gasteiger partial charge in [0.2, 0.25) is 5.65 Å². The van der Waals surface area contributed by atoms with Crippen LogP contribution in [0.25, 0.3) is 11.2 Å². The second-order valence-corrected chi connectivity index (χ2v) is 2.83. The average molecular weight is 216 g/mol. The summed E-state index contributed by atoms with van der Waals surface area (Å²) in [6.07, 6.45) is 1.26. The zero-order valence-electron chi connectivity index (χ0n) is 8.51. The third kappa shape index (κ3) is 1.81. The van der Waals surface area contributed by atoms with Gasteiger partial charge in [0.05, 0.1) is 12.2 Å². The van der Waals surface area contributed by atoms with Gasteiger partial charge >= 0.3 is 0 Å². The lowest BCUT2D eigenvalue weighted by Gasteiger charge is -1.96. The molecule has 2 heterocycles. The van der Waals surface area contributed by atoms with Crippen LogP contribution in [0.1, 0.15) is 12.5 Å². The van der Waals surface area contributed by atoms with Gasteiger partial charge in [-0.1, -0.05) is 0 Å². The number of pyridine rings is 1. The fourth-order valence-electron chi connectivity index (χ4n) is 1.12. The molecule has 7 heteroatoms. The van der Waals surface area contributed by atoms with Crippen LogP contribution in [-0.2, 0) is 4.74 Å². The molecule has 0 spiro atoms. The number of hydrogen-bond donors (Lipinski definition) is 1. The van der Waals surface area contributed by atoms with Crippen LogP contribution in [0.3, 0.4) is 0 Å². The lowest BCUT2D eigenvalue weighted by Crippen LogP contribution is -1.88. The minimum Gasteiger partial charge on any atom is -0.483 e. The van der Waals surface area contributed by atoms with Gasteiger partial charge in [0.25, 0.3) is 0 Å². The number of aromatic amines is 1. The Labute approximate surface area is 90.8 Å². The minimum absolute atomic E-state index is 0.275. The normalized spacial score (nSPS) is 10.8. The second kappa shape index (κ2) is 4.35. The van der Waals surface area contributed by atoms with Crippen molar-refractivity contribution in [3.63, 3.8) is 0 Å². The van der Waals surface area contributed by atoms with Gasteiger partial charge in [0, 0.05) is 0 Å². The molecule has 0 saturated carbocycles. The van der Waals surface area contributed by atoms with E-state index < -0.39 is 0 Å². The largest absolute Gasteiger partial charge is 0.483 e. The summed E-state index contributed by atoms with van der Waals surface area (Å²) in [5.74, 6) is 0.275. The zero-order chi connectivity index (χ0) is 11.4. The predicted octanol–water partition coefficient (Wildman–Crippen LogP) is 0.921. The molecule has 0 saturated heterocycles. The summed E-state index contributed by atoms with van der Waals surface area (Å²) in [6.45, 7) is 2.35. The SMILES string of the molecule is CCOC=Nc1nc2n[nH]nc2cc1C#N. The second-order valence-electron chi connectivity index (χ2n) is 2.83. The number of ether oxygens (including phenoxy) is 1. The van der Waals surface area contributed by atoms with Gasteiger partial charge in [0.15, 0.2) is 12.2 Å². The van der Waals surface area contributed by atoms with Crippen molar-refractivity contribution in [2.45, 2.75) is 6.92 Å². The minimum atomic E-state index is 0.275. The van der Waals surface area contributed by atoms with Crippen LogP contribution in [0.4, 0.5) is 5.82 Å². The van der Waals surface area contributed by atoms with Crippen LogP contribution >= 0.6 is 0 Å². The van der Waals surface area contributed by atoms with E-state index in [1.54, 1.807) is 6.07 Å². The molecule has 2 rings (SSSR count). The third-order valence-corrected chi connectivity index (χ3v) is 1.83. The summed E-state index contributed by atoms with van der Waals surface area (Å²) in [7, 11) is 0. The molecule has 0 amide bonds. The maximum Gasteiger partial charge on any atom is 0.203 e. The molecule has 0 atom stereocenters. The summed E-state index contributed by atoms with van der Waals surface area (Å²) >= 11 is 0. The first-order chi connectivity index (χ1) is 7.85. The lowest BCUT2D eigenvalue weighted by atomic mass is 10.2. The molecule has 0 fully saturated rings. The van der Waals surface area contributed by atoms with Crippen molar-refractivity contribution in [1.82, 2.24) is 20.4 Å². The first-order valence-corrected chi connectivity index (χ1v) is 4.61. The van der Waals surface area contributed by atoms with E-state index in [-0.39, 0.29) is 5.82 Å². The summed E-state index contributed by atoms with van der Waals surface area (Å²) in [4.78, 5) is 8.01. The van der Waals surface area contributed by atoms with Gasteiger partial charge in [-0.15, -0.1) is 5.10 Å². The van der Waals surface area contributed by atoms with Crippen molar-refractivity contribution in [1.29, 1.82) is 5.26 Å². The molecule has 2 aromatic rings. The standard InChI is InChI=1S/C9H8N6O/c1-2-16-5-11-8-6(4-10)3-7-9(12-8)14-15-13-7/h3,5H,2H2,1H3,(H,12,13,14,15).